The fraction of sp³-hybridized carbons (Fsp3) is 0.118. The molecule has 2 aromatic rings. The van der Waals surface area contributed by atoms with Gasteiger partial charge in [-0.1, -0.05) is 60.7 Å². The van der Waals surface area contributed by atoms with E-state index in [9.17, 15) is 0 Å². The highest BCUT2D eigenvalue weighted by atomic mass is 14.2. The Morgan fingerprint density at radius 3 is 2.61 bits per heavy atom. The average molecular weight is 233 g/mol. The van der Waals surface area contributed by atoms with Crippen molar-refractivity contribution in [1.82, 2.24) is 0 Å². The minimum atomic E-state index is -0.0359. The number of rotatable bonds is 3. The molecule has 88 valence electrons. The molecule has 0 saturated heterocycles. The topological polar surface area (TPSA) is 23.8 Å². The third kappa shape index (κ3) is 3.09. The molecular weight excluding hydrogens is 218 g/mol. The van der Waals surface area contributed by atoms with Crippen LogP contribution in [-0.4, -0.2) is 0 Å². The SMILES string of the molecule is CC(C#N)/C=C/C=C/c1ccc2ccccc2c1. The molecule has 0 saturated carbocycles. The third-order valence-corrected chi connectivity index (χ3v) is 2.78. The van der Waals surface area contributed by atoms with E-state index in [1.165, 1.54) is 16.3 Å². The van der Waals surface area contributed by atoms with Crippen molar-refractivity contribution in [2.24, 2.45) is 5.92 Å². The molecule has 0 aliphatic carbocycles. The van der Waals surface area contributed by atoms with E-state index in [0.29, 0.717) is 0 Å². The summed E-state index contributed by atoms with van der Waals surface area (Å²) in [5, 5.41) is 11.1. The standard InChI is InChI=1S/C17H15N/c1-14(13-18)6-2-3-7-15-10-11-16-8-4-5-9-17(16)12-15/h2-12,14H,1H3/b6-2+,7-3+. The van der Waals surface area contributed by atoms with E-state index in [1.807, 2.05) is 43.4 Å². The molecule has 0 aliphatic rings. The lowest BCUT2D eigenvalue weighted by atomic mass is 10.1. The molecule has 1 atom stereocenters. The summed E-state index contributed by atoms with van der Waals surface area (Å²) >= 11 is 0. The predicted octanol–water partition coefficient (Wildman–Crippen LogP) is 4.57. The van der Waals surface area contributed by atoms with Crippen LogP contribution in [0, 0.1) is 17.2 Å². The number of hydrogen-bond acceptors (Lipinski definition) is 1. The zero-order chi connectivity index (χ0) is 12.8. The van der Waals surface area contributed by atoms with E-state index in [-0.39, 0.29) is 5.92 Å². The molecule has 0 bridgehead atoms. The van der Waals surface area contributed by atoms with Gasteiger partial charge in [-0.05, 0) is 29.3 Å². The maximum atomic E-state index is 8.64. The van der Waals surface area contributed by atoms with Crippen LogP contribution in [0.4, 0.5) is 0 Å². The Bertz CT molecular complexity index is 629. The Hall–Kier alpha value is -2.33. The molecule has 18 heavy (non-hydrogen) atoms. The molecule has 1 unspecified atom stereocenters. The van der Waals surface area contributed by atoms with Crippen LogP contribution in [0.15, 0.2) is 60.7 Å². The van der Waals surface area contributed by atoms with Gasteiger partial charge in [0.05, 0.1) is 12.0 Å². The second-order valence-electron chi connectivity index (χ2n) is 4.27. The number of allylic oxidation sites excluding steroid dienone is 3. The van der Waals surface area contributed by atoms with Crippen LogP contribution >= 0.6 is 0 Å². The Kier molecular flexibility index (Phi) is 3.94. The van der Waals surface area contributed by atoms with Gasteiger partial charge in [-0.25, -0.2) is 0 Å². The highest BCUT2D eigenvalue weighted by Crippen LogP contribution is 2.16. The number of fused-ring (bicyclic) bond motifs is 1. The summed E-state index contributed by atoms with van der Waals surface area (Å²) in [5.41, 5.74) is 1.17. The van der Waals surface area contributed by atoms with Gasteiger partial charge in [-0.2, -0.15) is 5.26 Å². The molecule has 2 aromatic carbocycles. The summed E-state index contributed by atoms with van der Waals surface area (Å²) in [6, 6.07) is 16.9. The maximum absolute atomic E-state index is 8.64. The van der Waals surface area contributed by atoms with Crippen molar-refractivity contribution >= 4 is 16.8 Å². The Morgan fingerprint density at radius 2 is 1.83 bits per heavy atom. The maximum Gasteiger partial charge on any atom is 0.0694 e. The third-order valence-electron chi connectivity index (χ3n) is 2.78. The van der Waals surface area contributed by atoms with Gasteiger partial charge in [-0.15, -0.1) is 0 Å². The molecular formula is C17H15N. The van der Waals surface area contributed by atoms with Crippen molar-refractivity contribution in [3.63, 3.8) is 0 Å². The molecule has 0 radical (unpaired) electrons. The largest absolute Gasteiger partial charge is 0.198 e. The monoisotopic (exact) mass is 233 g/mol. The zero-order valence-corrected chi connectivity index (χ0v) is 10.4. The zero-order valence-electron chi connectivity index (χ0n) is 10.4. The van der Waals surface area contributed by atoms with Crippen LogP contribution in [0.5, 0.6) is 0 Å². The van der Waals surface area contributed by atoms with Gasteiger partial charge in [0.25, 0.3) is 0 Å². The molecule has 0 aliphatic heterocycles. The van der Waals surface area contributed by atoms with Gasteiger partial charge in [0.2, 0.25) is 0 Å². The second-order valence-corrected chi connectivity index (χ2v) is 4.27. The quantitative estimate of drug-likeness (QED) is 0.712. The van der Waals surface area contributed by atoms with E-state index >= 15 is 0 Å². The van der Waals surface area contributed by atoms with Gasteiger partial charge < -0.3 is 0 Å². The summed E-state index contributed by atoms with van der Waals surface area (Å²) in [6.07, 6.45) is 7.83. The summed E-state index contributed by atoms with van der Waals surface area (Å²) in [4.78, 5) is 0. The van der Waals surface area contributed by atoms with Crippen molar-refractivity contribution in [3.05, 3.63) is 66.3 Å². The summed E-state index contributed by atoms with van der Waals surface area (Å²) < 4.78 is 0. The number of nitriles is 1. The van der Waals surface area contributed by atoms with Gasteiger partial charge >= 0.3 is 0 Å². The van der Waals surface area contributed by atoms with Crippen LogP contribution < -0.4 is 0 Å². The Balaban J connectivity index is 2.15. The van der Waals surface area contributed by atoms with E-state index < -0.39 is 0 Å². The van der Waals surface area contributed by atoms with Crippen molar-refractivity contribution in [3.8, 4) is 6.07 Å². The van der Waals surface area contributed by atoms with Crippen LogP contribution in [0.2, 0.25) is 0 Å². The van der Waals surface area contributed by atoms with Gasteiger partial charge in [-0.3, -0.25) is 0 Å². The highest BCUT2D eigenvalue weighted by Gasteiger charge is 1.92. The molecule has 0 N–H and O–H groups in total. The van der Waals surface area contributed by atoms with Crippen LogP contribution in [0.3, 0.4) is 0 Å². The number of hydrogen-bond donors (Lipinski definition) is 0. The van der Waals surface area contributed by atoms with Crippen molar-refractivity contribution in [2.75, 3.05) is 0 Å². The molecule has 1 heteroatoms. The lowest BCUT2D eigenvalue weighted by molar-refractivity contribution is 0.957. The van der Waals surface area contributed by atoms with Crippen molar-refractivity contribution < 1.29 is 0 Å². The summed E-state index contributed by atoms with van der Waals surface area (Å²) in [6.45, 7) is 1.88. The summed E-state index contributed by atoms with van der Waals surface area (Å²) in [5.74, 6) is -0.0359. The first kappa shape index (κ1) is 12.1. The van der Waals surface area contributed by atoms with Crippen molar-refractivity contribution in [1.29, 1.82) is 5.26 Å². The Labute approximate surface area is 108 Å². The molecule has 0 spiro atoms. The molecule has 0 heterocycles. The van der Waals surface area contributed by atoms with E-state index in [2.05, 4.69) is 36.4 Å². The minimum absolute atomic E-state index is 0.0359. The fourth-order valence-corrected chi connectivity index (χ4v) is 1.75. The van der Waals surface area contributed by atoms with E-state index in [4.69, 9.17) is 5.26 Å². The van der Waals surface area contributed by atoms with Crippen molar-refractivity contribution in [2.45, 2.75) is 6.92 Å². The molecule has 2 rings (SSSR count). The van der Waals surface area contributed by atoms with Crippen LogP contribution in [0.1, 0.15) is 12.5 Å². The van der Waals surface area contributed by atoms with Crippen LogP contribution in [-0.2, 0) is 0 Å². The number of nitrogens with zero attached hydrogens (tertiary/aromatic N) is 1. The lowest BCUT2D eigenvalue weighted by Gasteiger charge is -1.98. The number of benzene rings is 2. The Morgan fingerprint density at radius 1 is 1.06 bits per heavy atom. The first-order chi connectivity index (χ1) is 8.79. The van der Waals surface area contributed by atoms with Gasteiger partial charge in [0, 0.05) is 0 Å². The van der Waals surface area contributed by atoms with Gasteiger partial charge in [0.1, 0.15) is 0 Å². The molecule has 0 fully saturated rings. The average Bonchev–Trinajstić information content (AvgIpc) is 2.43. The molecule has 1 nitrogen and oxygen atoms in total. The normalized spacial score (nSPS) is 13.1. The van der Waals surface area contributed by atoms with Gasteiger partial charge in [0.15, 0.2) is 0 Å². The van der Waals surface area contributed by atoms with Crippen LogP contribution in [0.25, 0.3) is 16.8 Å². The first-order valence-electron chi connectivity index (χ1n) is 6.03. The van der Waals surface area contributed by atoms with E-state index in [0.717, 1.165) is 0 Å². The first-order valence-corrected chi connectivity index (χ1v) is 6.03. The second kappa shape index (κ2) is 5.84. The predicted molar refractivity (Wildman–Crippen MR) is 76.9 cm³/mol. The minimum Gasteiger partial charge on any atom is -0.198 e. The molecule has 0 amide bonds. The summed E-state index contributed by atoms with van der Waals surface area (Å²) in [7, 11) is 0. The smallest absolute Gasteiger partial charge is 0.0694 e. The highest BCUT2D eigenvalue weighted by molar-refractivity contribution is 5.84. The fourth-order valence-electron chi connectivity index (χ4n) is 1.75. The van der Waals surface area contributed by atoms with E-state index in [1.54, 1.807) is 0 Å². The lowest BCUT2D eigenvalue weighted by Crippen LogP contribution is -1.79. The molecule has 0 aromatic heterocycles.